The Labute approximate surface area is 88.9 Å². The fourth-order valence-corrected chi connectivity index (χ4v) is 0.964. The quantitative estimate of drug-likeness (QED) is 0.771. The fraction of sp³-hybridized carbons (Fsp3) is 0.333. The van der Waals surface area contributed by atoms with Crippen LogP contribution in [-0.4, -0.2) is 17.6 Å². The number of anilines is 1. The van der Waals surface area contributed by atoms with Crippen LogP contribution in [0.15, 0.2) is 18.5 Å². The molecule has 14 heavy (non-hydrogen) atoms. The van der Waals surface area contributed by atoms with E-state index in [4.69, 9.17) is 10.5 Å². The number of nitrogens with two attached hydrogens (primary N) is 1. The molecule has 1 aromatic heterocycles. The molecule has 1 aromatic rings. The van der Waals surface area contributed by atoms with Crippen molar-refractivity contribution in [1.82, 2.24) is 4.98 Å². The number of rotatable bonds is 3. The molecule has 0 bridgehead atoms. The van der Waals surface area contributed by atoms with Gasteiger partial charge in [0.1, 0.15) is 0 Å². The molecule has 5 heteroatoms. The number of pyridine rings is 1. The van der Waals surface area contributed by atoms with Gasteiger partial charge in [-0.25, -0.2) is 0 Å². The summed E-state index contributed by atoms with van der Waals surface area (Å²) in [5.74, 6) is -0.264. The average Bonchev–Trinajstić information content (AvgIpc) is 2.09. The highest BCUT2D eigenvalue weighted by molar-refractivity contribution is 5.85. The van der Waals surface area contributed by atoms with E-state index >= 15 is 0 Å². The van der Waals surface area contributed by atoms with Crippen molar-refractivity contribution in [2.24, 2.45) is 0 Å². The van der Waals surface area contributed by atoms with E-state index in [0.29, 0.717) is 12.3 Å². The van der Waals surface area contributed by atoms with Crippen LogP contribution in [0.2, 0.25) is 0 Å². The standard InChI is InChI=1S/C9H12N2O2.ClH/c1-2-13-9(12)5-7-3-4-11-6-8(7)10;/h3-4,6H,2,5,10H2,1H3;1H. The molecule has 4 nitrogen and oxygen atoms in total. The largest absolute Gasteiger partial charge is 0.466 e. The molecule has 0 atom stereocenters. The smallest absolute Gasteiger partial charge is 0.310 e. The van der Waals surface area contributed by atoms with Crippen molar-refractivity contribution < 1.29 is 9.53 Å². The minimum Gasteiger partial charge on any atom is -0.466 e. The molecule has 1 rings (SSSR count). The molecule has 0 fully saturated rings. The van der Waals surface area contributed by atoms with Crippen molar-refractivity contribution >= 4 is 24.1 Å². The van der Waals surface area contributed by atoms with Gasteiger partial charge < -0.3 is 10.5 Å². The van der Waals surface area contributed by atoms with Crippen LogP contribution in [-0.2, 0) is 16.0 Å². The highest BCUT2D eigenvalue weighted by Gasteiger charge is 2.05. The Hall–Kier alpha value is -1.29. The Bertz CT molecular complexity index is 305. The van der Waals surface area contributed by atoms with Crippen molar-refractivity contribution in [2.75, 3.05) is 12.3 Å². The molecule has 0 saturated heterocycles. The minimum atomic E-state index is -0.264. The lowest BCUT2D eigenvalue weighted by molar-refractivity contribution is -0.142. The first-order valence-corrected chi connectivity index (χ1v) is 4.08. The van der Waals surface area contributed by atoms with Gasteiger partial charge in [-0.2, -0.15) is 0 Å². The summed E-state index contributed by atoms with van der Waals surface area (Å²) in [5.41, 5.74) is 6.88. The van der Waals surface area contributed by atoms with Crippen LogP contribution in [0.5, 0.6) is 0 Å². The minimum absolute atomic E-state index is 0. The lowest BCUT2D eigenvalue weighted by atomic mass is 10.2. The van der Waals surface area contributed by atoms with E-state index in [1.807, 2.05) is 0 Å². The Morgan fingerprint density at radius 1 is 1.64 bits per heavy atom. The van der Waals surface area contributed by atoms with Crippen molar-refractivity contribution in [3.05, 3.63) is 24.0 Å². The monoisotopic (exact) mass is 216 g/mol. The second-order valence-electron chi connectivity index (χ2n) is 2.56. The van der Waals surface area contributed by atoms with Gasteiger partial charge in [-0.15, -0.1) is 12.4 Å². The predicted octanol–water partition coefficient (Wildman–Crippen LogP) is 1.19. The van der Waals surface area contributed by atoms with Crippen LogP contribution in [0.4, 0.5) is 5.69 Å². The first-order chi connectivity index (χ1) is 6.24. The van der Waals surface area contributed by atoms with E-state index < -0.39 is 0 Å². The van der Waals surface area contributed by atoms with E-state index in [1.54, 1.807) is 19.2 Å². The van der Waals surface area contributed by atoms with Crippen LogP contribution in [0.25, 0.3) is 0 Å². The maximum absolute atomic E-state index is 11.1. The zero-order valence-electron chi connectivity index (χ0n) is 7.90. The molecule has 78 valence electrons. The lowest BCUT2D eigenvalue weighted by Gasteiger charge is -2.03. The number of carbonyl (C=O) groups is 1. The molecule has 0 amide bonds. The molecule has 0 radical (unpaired) electrons. The van der Waals surface area contributed by atoms with Gasteiger partial charge in [0.05, 0.1) is 24.9 Å². The summed E-state index contributed by atoms with van der Waals surface area (Å²) in [4.78, 5) is 14.9. The number of hydrogen-bond acceptors (Lipinski definition) is 4. The maximum atomic E-state index is 11.1. The number of halogens is 1. The van der Waals surface area contributed by atoms with Crippen molar-refractivity contribution in [3.63, 3.8) is 0 Å². The van der Waals surface area contributed by atoms with Crippen molar-refractivity contribution in [3.8, 4) is 0 Å². The highest BCUT2D eigenvalue weighted by Crippen LogP contribution is 2.09. The number of hydrogen-bond donors (Lipinski definition) is 1. The summed E-state index contributed by atoms with van der Waals surface area (Å²) in [6.07, 6.45) is 3.33. The lowest BCUT2D eigenvalue weighted by Crippen LogP contribution is -2.09. The van der Waals surface area contributed by atoms with E-state index in [2.05, 4.69) is 4.98 Å². The van der Waals surface area contributed by atoms with Crippen LogP contribution in [0.3, 0.4) is 0 Å². The SMILES string of the molecule is CCOC(=O)Cc1ccncc1N.Cl. The van der Waals surface area contributed by atoms with E-state index in [0.717, 1.165) is 5.56 Å². The third-order valence-corrected chi connectivity index (χ3v) is 1.59. The molecule has 0 spiro atoms. The number of nitrogen functional groups attached to an aromatic ring is 1. The zero-order chi connectivity index (χ0) is 9.68. The van der Waals surface area contributed by atoms with Crippen LogP contribution < -0.4 is 5.73 Å². The second kappa shape index (κ2) is 6.21. The first kappa shape index (κ1) is 12.7. The van der Waals surface area contributed by atoms with E-state index in [1.165, 1.54) is 6.20 Å². The molecule has 0 aliphatic heterocycles. The molecule has 2 N–H and O–H groups in total. The number of nitrogens with zero attached hydrogens (tertiary/aromatic N) is 1. The zero-order valence-corrected chi connectivity index (χ0v) is 8.71. The van der Waals surface area contributed by atoms with Gasteiger partial charge in [0.15, 0.2) is 0 Å². The number of esters is 1. The van der Waals surface area contributed by atoms with Gasteiger partial charge in [-0.05, 0) is 18.6 Å². The van der Waals surface area contributed by atoms with Gasteiger partial charge in [0, 0.05) is 6.20 Å². The molecule has 0 saturated carbocycles. The predicted molar refractivity (Wildman–Crippen MR) is 56.2 cm³/mol. The molecule has 0 aromatic carbocycles. The normalized spacial score (nSPS) is 8.93. The Morgan fingerprint density at radius 2 is 2.36 bits per heavy atom. The Balaban J connectivity index is 0.00000169. The van der Waals surface area contributed by atoms with Gasteiger partial charge in [0.2, 0.25) is 0 Å². The second-order valence-corrected chi connectivity index (χ2v) is 2.56. The van der Waals surface area contributed by atoms with E-state index in [9.17, 15) is 4.79 Å². The van der Waals surface area contributed by atoms with Gasteiger partial charge in [-0.3, -0.25) is 9.78 Å². The van der Waals surface area contributed by atoms with Gasteiger partial charge >= 0.3 is 5.97 Å². The van der Waals surface area contributed by atoms with Gasteiger partial charge in [-0.1, -0.05) is 0 Å². The molecule has 1 heterocycles. The summed E-state index contributed by atoms with van der Waals surface area (Å²) >= 11 is 0. The molecular weight excluding hydrogens is 204 g/mol. The third-order valence-electron chi connectivity index (χ3n) is 1.59. The van der Waals surface area contributed by atoms with Crippen LogP contribution in [0, 0.1) is 0 Å². The number of ether oxygens (including phenoxy) is 1. The molecular formula is C9H13ClN2O2. The third kappa shape index (κ3) is 3.62. The number of carbonyl (C=O) groups excluding carboxylic acids is 1. The Morgan fingerprint density at radius 3 is 2.93 bits per heavy atom. The molecule has 0 aliphatic rings. The highest BCUT2D eigenvalue weighted by atomic mass is 35.5. The van der Waals surface area contributed by atoms with E-state index in [-0.39, 0.29) is 24.8 Å². The summed E-state index contributed by atoms with van der Waals surface area (Å²) in [6, 6.07) is 1.71. The van der Waals surface area contributed by atoms with Gasteiger partial charge in [0.25, 0.3) is 0 Å². The Kier molecular flexibility index (Phi) is 5.64. The van der Waals surface area contributed by atoms with Crippen LogP contribution in [0.1, 0.15) is 12.5 Å². The summed E-state index contributed by atoms with van der Waals surface area (Å²) in [6.45, 7) is 2.16. The summed E-state index contributed by atoms with van der Waals surface area (Å²) < 4.78 is 4.79. The molecule has 0 aliphatic carbocycles. The number of aromatic nitrogens is 1. The summed E-state index contributed by atoms with van der Waals surface area (Å²) in [7, 11) is 0. The fourth-order valence-electron chi connectivity index (χ4n) is 0.964. The van der Waals surface area contributed by atoms with Crippen molar-refractivity contribution in [1.29, 1.82) is 0 Å². The molecule has 0 unspecified atom stereocenters. The first-order valence-electron chi connectivity index (χ1n) is 4.08. The maximum Gasteiger partial charge on any atom is 0.310 e. The van der Waals surface area contributed by atoms with Crippen LogP contribution >= 0.6 is 12.4 Å². The van der Waals surface area contributed by atoms with Crippen molar-refractivity contribution in [2.45, 2.75) is 13.3 Å². The average molecular weight is 217 g/mol. The summed E-state index contributed by atoms with van der Waals surface area (Å²) in [5, 5.41) is 0. The topological polar surface area (TPSA) is 65.2 Å².